The van der Waals surface area contributed by atoms with Crippen LogP contribution in [0.3, 0.4) is 0 Å². The molecule has 8 heterocycles. The maximum atomic E-state index is 8.47. The number of hydrogen-bond acceptors (Lipinski definition) is 29. The first-order chi connectivity index (χ1) is 57.2. The largest absolute Gasteiger partial charge is 0.394 e. The van der Waals surface area contributed by atoms with Gasteiger partial charge in [0.15, 0.2) is 0 Å². The summed E-state index contributed by atoms with van der Waals surface area (Å²) in [5.41, 5.74) is 0. The van der Waals surface area contributed by atoms with Gasteiger partial charge in [0.1, 0.15) is 0 Å². The molecule has 29 nitrogen and oxygen atoms in total. The van der Waals surface area contributed by atoms with Crippen molar-refractivity contribution in [1.82, 2.24) is 39.2 Å². The third kappa shape index (κ3) is 78.8. The summed E-state index contributed by atoms with van der Waals surface area (Å²) in [6, 6.07) is 1.72. The summed E-state index contributed by atoms with van der Waals surface area (Å²) in [6.45, 7) is 56.4. The molecule has 0 bridgehead atoms. The van der Waals surface area contributed by atoms with Crippen molar-refractivity contribution in [2.75, 3.05) is 410 Å². The number of methoxy groups -OCH3 is 2. The molecule has 8 rings (SSSR count). The van der Waals surface area contributed by atoms with Crippen LogP contribution in [-0.4, -0.2) is 472 Å². The summed E-state index contributed by atoms with van der Waals surface area (Å²) >= 11 is 0. The van der Waals surface area contributed by atoms with Gasteiger partial charge in [-0.1, -0.05) is 19.8 Å². The lowest BCUT2D eigenvalue weighted by atomic mass is 10.0. The Morgan fingerprint density at radius 1 is 0.224 bits per heavy atom. The lowest BCUT2D eigenvalue weighted by Gasteiger charge is -2.31. The highest BCUT2D eigenvalue weighted by Gasteiger charge is 2.18. The summed E-state index contributed by atoms with van der Waals surface area (Å²) in [5, 5.41) is 16.9. The van der Waals surface area contributed by atoms with E-state index < -0.39 is 0 Å². The SMILES string of the molecule is CC1CCCCN1C.CCC1CCCCN1C.CCOCCOCCOCCN1CCCC1.CCOCCOCCOCCOCCN1CCCC1.COCCOCCOCCN1CCCC1.COCCOCCOCCOCCN1CCCC1.OCCOCCOCCN1CCCC1.OCCOCCOCCOCCN1CCCC1. The summed E-state index contributed by atoms with van der Waals surface area (Å²) < 4.78 is 100. The number of hydrogen-bond donors (Lipinski definition) is 2. The molecule has 8 fully saturated rings. The molecule has 0 radical (unpaired) electrons. The van der Waals surface area contributed by atoms with E-state index in [0.29, 0.717) is 185 Å². The van der Waals surface area contributed by atoms with Crippen molar-refractivity contribution < 1.29 is 100 Å². The Morgan fingerprint density at radius 2 is 0.414 bits per heavy atom. The van der Waals surface area contributed by atoms with Crippen LogP contribution in [0, 0.1) is 0 Å². The minimum Gasteiger partial charge on any atom is -0.394 e. The second-order valence-corrected chi connectivity index (χ2v) is 30.2. The fourth-order valence-corrected chi connectivity index (χ4v) is 13.6. The van der Waals surface area contributed by atoms with Crippen molar-refractivity contribution in [3.63, 3.8) is 0 Å². The number of aliphatic hydroxyl groups is 2. The van der Waals surface area contributed by atoms with Gasteiger partial charge in [0, 0.05) is 78.8 Å². The highest BCUT2D eigenvalue weighted by molar-refractivity contribution is 4.73. The molecule has 2 N–H and O–H groups in total. The monoisotopic (exact) mass is 1680 g/mol. The maximum absolute atomic E-state index is 8.47. The molecule has 2 unspecified atom stereocenters. The van der Waals surface area contributed by atoms with Crippen molar-refractivity contribution in [2.24, 2.45) is 0 Å². The zero-order valence-corrected chi connectivity index (χ0v) is 75.8. The van der Waals surface area contributed by atoms with Crippen LogP contribution in [0.4, 0.5) is 0 Å². The first kappa shape index (κ1) is 113. The standard InChI is InChI=1S/C14H29NO4.C13H27NO4.C12H25NO4.C12H25NO3.C11H23NO3.C10H21NO3.C8H17N.C7H15N/c1-2-16-9-10-18-13-14-19-12-11-17-8-7-15-5-3-4-6-15;1-15-8-9-17-12-13-18-11-10-16-7-6-14-4-2-3-5-14;14-6-8-16-10-12-17-11-9-15-7-5-13-3-1-2-4-13;1-2-14-9-10-16-12-11-15-8-7-13-5-3-4-6-13;1-13-8-9-15-11-10-14-7-6-12-4-2-3-5-12;12-6-8-14-10-9-13-7-5-11-3-1-2-4-11;1-3-8-6-4-5-7-9(8)2;1-7-5-3-4-6-8(7)2/h2-14H2,1H3;2-13H2,1H3;14H,1-12H2;2-12H2,1H3;2-11H2,1H3;12H,1-10H2;8H,3-7H2,1-2H3;7H,3-6H2,1-2H3. The quantitative estimate of drug-likeness (QED) is 0.0561. The summed E-state index contributed by atoms with van der Waals surface area (Å²) in [7, 11) is 7.80. The minimum absolute atomic E-state index is 0.0691. The van der Waals surface area contributed by atoms with Crippen LogP contribution in [0.2, 0.25) is 0 Å². The van der Waals surface area contributed by atoms with Gasteiger partial charge in [-0.3, -0.25) is 0 Å². The first-order valence-corrected chi connectivity index (χ1v) is 46.0. The van der Waals surface area contributed by atoms with Gasteiger partial charge in [0.05, 0.1) is 238 Å². The minimum atomic E-state index is 0.0691. The van der Waals surface area contributed by atoms with Crippen LogP contribution in [0.1, 0.15) is 150 Å². The van der Waals surface area contributed by atoms with Gasteiger partial charge in [-0.15, -0.1) is 0 Å². The number of ether oxygens (including phenoxy) is 19. The molecule has 116 heavy (non-hydrogen) atoms. The molecule has 8 aliphatic heterocycles. The fourth-order valence-electron chi connectivity index (χ4n) is 13.6. The van der Waals surface area contributed by atoms with Crippen molar-refractivity contribution in [3.05, 3.63) is 0 Å². The zero-order chi connectivity index (χ0) is 83.7. The van der Waals surface area contributed by atoms with E-state index in [-0.39, 0.29) is 13.2 Å². The third-order valence-electron chi connectivity index (χ3n) is 20.9. The highest BCUT2D eigenvalue weighted by atomic mass is 16.6. The van der Waals surface area contributed by atoms with E-state index >= 15 is 0 Å². The Bertz CT molecular complexity index is 1830. The third-order valence-corrected chi connectivity index (χ3v) is 20.9. The Kier molecular flexibility index (Phi) is 90.5. The van der Waals surface area contributed by atoms with Gasteiger partial charge in [0.2, 0.25) is 0 Å². The maximum Gasteiger partial charge on any atom is 0.0701 e. The normalized spacial score (nSPS) is 19.1. The fraction of sp³-hybridized carbons (Fsp3) is 1.00. The van der Waals surface area contributed by atoms with Crippen LogP contribution in [0.5, 0.6) is 0 Å². The average molecular weight is 1680 g/mol. The lowest BCUT2D eigenvalue weighted by molar-refractivity contribution is -0.00216. The van der Waals surface area contributed by atoms with Gasteiger partial charge in [-0.25, -0.2) is 0 Å². The van der Waals surface area contributed by atoms with Crippen molar-refractivity contribution in [1.29, 1.82) is 0 Å². The van der Waals surface area contributed by atoms with Gasteiger partial charge in [-0.05, 0) is 236 Å². The van der Waals surface area contributed by atoms with Crippen molar-refractivity contribution >= 4 is 0 Å². The first-order valence-electron chi connectivity index (χ1n) is 46.0. The molecule has 29 heteroatoms. The molecule has 2 atom stereocenters. The number of likely N-dealkylation sites (tertiary alicyclic amines) is 8. The second kappa shape index (κ2) is 93.0. The van der Waals surface area contributed by atoms with Crippen LogP contribution in [0.25, 0.3) is 0 Å². The van der Waals surface area contributed by atoms with Gasteiger partial charge < -0.3 is 139 Å². The highest BCUT2D eigenvalue weighted by Crippen LogP contribution is 2.17. The van der Waals surface area contributed by atoms with Gasteiger partial charge in [-0.2, -0.15) is 0 Å². The molecule has 0 aliphatic carbocycles. The number of piperidine rings is 2. The van der Waals surface area contributed by atoms with E-state index in [0.717, 1.165) is 104 Å². The molecule has 0 amide bonds. The van der Waals surface area contributed by atoms with Crippen LogP contribution in [0.15, 0.2) is 0 Å². The molecule has 0 aromatic carbocycles. The predicted octanol–water partition coefficient (Wildman–Crippen LogP) is 7.46. The second-order valence-electron chi connectivity index (χ2n) is 30.2. The van der Waals surface area contributed by atoms with E-state index in [2.05, 4.69) is 67.1 Å². The summed E-state index contributed by atoms with van der Waals surface area (Å²) in [5.74, 6) is 0. The van der Waals surface area contributed by atoms with E-state index in [1.807, 2.05) is 13.8 Å². The molecule has 0 spiro atoms. The molecule has 8 saturated heterocycles. The molecule has 696 valence electrons. The molecule has 8 aliphatic rings. The zero-order valence-electron chi connectivity index (χ0n) is 75.8. The summed E-state index contributed by atoms with van der Waals surface area (Å²) in [4.78, 5) is 19.6. The molecular formula is C87H182N8O21. The van der Waals surface area contributed by atoms with Crippen LogP contribution in [-0.2, 0) is 90.0 Å². The van der Waals surface area contributed by atoms with E-state index in [9.17, 15) is 0 Å². The Balaban J connectivity index is 0.000000670. The number of rotatable bonds is 64. The predicted molar refractivity (Wildman–Crippen MR) is 464 cm³/mol. The number of nitrogens with zero attached hydrogens (tertiary/aromatic N) is 8. The Morgan fingerprint density at radius 3 is 0.586 bits per heavy atom. The smallest absolute Gasteiger partial charge is 0.0701 e. The molecular weight excluding hydrogens is 1490 g/mol. The van der Waals surface area contributed by atoms with Crippen molar-refractivity contribution in [2.45, 2.75) is 162 Å². The topological polar surface area (TPSA) is 242 Å². The van der Waals surface area contributed by atoms with E-state index in [1.165, 1.54) is 214 Å². The van der Waals surface area contributed by atoms with Gasteiger partial charge in [0.25, 0.3) is 0 Å². The molecule has 0 aromatic rings. The van der Waals surface area contributed by atoms with Crippen LogP contribution >= 0.6 is 0 Å². The van der Waals surface area contributed by atoms with E-state index in [1.54, 1.807) is 14.2 Å². The molecule has 0 aromatic heterocycles. The lowest BCUT2D eigenvalue weighted by Crippen LogP contribution is -2.35. The van der Waals surface area contributed by atoms with Crippen LogP contribution < -0.4 is 0 Å². The average Bonchev–Trinajstić information content (AvgIpc) is 1.64. The summed E-state index contributed by atoms with van der Waals surface area (Å²) in [6.07, 6.45) is 25.9. The van der Waals surface area contributed by atoms with E-state index in [4.69, 9.17) is 100 Å². The molecule has 0 saturated carbocycles. The Hall–Kier alpha value is -1.16. The van der Waals surface area contributed by atoms with Gasteiger partial charge >= 0.3 is 0 Å². The number of aliphatic hydroxyl groups excluding tert-OH is 2. The van der Waals surface area contributed by atoms with Crippen molar-refractivity contribution in [3.8, 4) is 0 Å². The Labute approximate surface area is 708 Å².